The van der Waals surface area contributed by atoms with E-state index in [1.54, 1.807) is 0 Å². The Balaban J connectivity index is 3.08. The summed E-state index contributed by atoms with van der Waals surface area (Å²) in [6, 6.07) is 0. The number of hydrogen-bond donors (Lipinski definition) is 2. The van der Waals surface area contributed by atoms with Crippen molar-refractivity contribution in [2.75, 3.05) is 0 Å². The molecule has 4 nitrogen and oxygen atoms in total. The second-order valence-electron chi connectivity index (χ2n) is 5.16. The standard InChI is InChI=1S/C14H31O4P/c1-2-3-4-5-6-7-8-9-10-11-12-13-14(15)18-19(16)17/h14-15,19H,2-13H2,1H3,(H,16,17). The molecule has 0 saturated heterocycles. The zero-order chi connectivity index (χ0) is 14.3. The molecule has 116 valence electrons. The third-order valence-electron chi connectivity index (χ3n) is 3.29. The Kier molecular flexibility index (Phi) is 14.6. The largest absolute Gasteiger partial charge is 0.368 e. The monoisotopic (exact) mass is 294 g/mol. The first kappa shape index (κ1) is 19.1. The molecule has 0 heterocycles. The van der Waals surface area contributed by atoms with Crippen LogP contribution in [-0.4, -0.2) is 16.3 Å². The lowest BCUT2D eigenvalue weighted by atomic mass is 10.1. The van der Waals surface area contributed by atoms with Gasteiger partial charge in [0.05, 0.1) is 0 Å². The number of aliphatic hydroxyl groups is 1. The highest BCUT2D eigenvalue weighted by atomic mass is 31.1. The summed E-state index contributed by atoms with van der Waals surface area (Å²) in [5.74, 6) is 0. The van der Waals surface area contributed by atoms with Crippen molar-refractivity contribution in [2.24, 2.45) is 0 Å². The van der Waals surface area contributed by atoms with Gasteiger partial charge in [0.1, 0.15) is 0 Å². The summed E-state index contributed by atoms with van der Waals surface area (Å²) in [6.45, 7) is 2.24. The van der Waals surface area contributed by atoms with Crippen LogP contribution in [0.2, 0.25) is 0 Å². The molecule has 0 aliphatic heterocycles. The second-order valence-corrected chi connectivity index (χ2v) is 5.93. The predicted octanol–water partition coefficient (Wildman–Crippen LogP) is 4.40. The molecule has 0 spiro atoms. The van der Waals surface area contributed by atoms with E-state index < -0.39 is 14.5 Å². The van der Waals surface area contributed by atoms with Crippen LogP contribution in [0.3, 0.4) is 0 Å². The molecular formula is C14H31O4P. The molecule has 0 saturated carbocycles. The fourth-order valence-electron chi connectivity index (χ4n) is 2.16. The Labute approximate surface area is 118 Å². The minimum atomic E-state index is -3.00. The van der Waals surface area contributed by atoms with E-state index in [-0.39, 0.29) is 0 Å². The summed E-state index contributed by atoms with van der Waals surface area (Å²) in [5, 5.41) is 9.21. The maximum absolute atomic E-state index is 10.3. The van der Waals surface area contributed by atoms with Crippen molar-refractivity contribution in [3.63, 3.8) is 0 Å². The summed E-state index contributed by atoms with van der Waals surface area (Å²) in [5.41, 5.74) is 0. The highest BCUT2D eigenvalue weighted by Gasteiger charge is 2.05. The molecule has 2 unspecified atom stereocenters. The van der Waals surface area contributed by atoms with Crippen LogP contribution >= 0.6 is 8.25 Å². The summed E-state index contributed by atoms with van der Waals surface area (Å²) in [4.78, 5) is 8.46. The topological polar surface area (TPSA) is 66.8 Å². The van der Waals surface area contributed by atoms with Crippen LogP contribution in [0.15, 0.2) is 0 Å². The molecule has 19 heavy (non-hydrogen) atoms. The highest BCUT2D eigenvalue weighted by molar-refractivity contribution is 7.32. The Bertz CT molecular complexity index is 212. The lowest BCUT2D eigenvalue weighted by Gasteiger charge is -2.08. The van der Waals surface area contributed by atoms with Gasteiger partial charge in [0.2, 0.25) is 0 Å². The van der Waals surface area contributed by atoms with Gasteiger partial charge in [0, 0.05) is 0 Å². The van der Waals surface area contributed by atoms with Crippen molar-refractivity contribution >= 4 is 8.25 Å². The van der Waals surface area contributed by atoms with Gasteiger partial charge in [-0.15, -0.1) is 0 Å². The zero-order valence-corrected chi connectivity index (χ0v) is 13.3. The van der Waals surface area contributed by atoms with Gasteiger partial charge in [-0.25, -0.2) is 0 Å². The minimum Gasteiger partial charge on any atom is -0.368 e. The minimum absolute atomic E-state index is 0.452. The maximum Gasteiger partial charge on any atom is 0.318 e. The van der Waals surface area contributed by atoms with Crippen molar-refractivity contribution in [1.82, 2.24) is 0 Å². The van der Waals surface area contributed by atoms with Crippen LogP contribution in [-0.2, 0) is 9.09 Å². The van der Waals surface area contributed by atoms with Crippen LogP contribution in [0.1, 0.15) is 84.0 Å². The molecule has 0 aromatic rings. The number of rotatable bonds is 14. The van der Waals surface area contributed by atoms with Crippen molar-refractivity contribution < 1.29 is 19.1 Å². The number of unbranched alkanes of at least 4 members (excludes halogenated alkanes) is 10. The van der Waals surface area contributed by atoms with Gasteiger partial charge < -0.3 is 10.00 Å². The van der Waals surface area contributed by atoms with Crippen molar-refractivity contribution in [3.05, 3.63) is 0 Å². The molecular weight excluding hydrogens is 263 g/mol. The van der Waals surface area contributed by atoms with E-state index in [1.165, 1.54) is 57.8 Å². The van der Waals surface area contributed by atoms with E-state index in [9.17, 15) is 9.67 Å². The Morgan fingerprint density at radius 2 is 1.32 bits per heavy atom. The third kappa shape index (κ3) is 16.1. The normalized spacial score (nSPS) is 14.5. The van der Waals surface area contributed by atoms with Gasteiger partial charge in [-0.2, -0.15) is 0 Å². The zero-order valence-electron chi connectivity index (χ0n) is 12.3. The first-order valence-electron chi connectivity index (χ1n) is 7.74. The van der Waals surface area contributed by atoms with E-state index in [2.05, 4.69) is 11.4 Å². The molecule has 0 bridgehead atoms. The fraction of sp³-hybridized carbons (Fsp3) is 1.00. The number of hydrogen-bond acceptors (Lipinski definition) is 3. The van der Waals surface area contributed by atoms with Gasteiger partial charge >= 0.3 is 8.25 Å². The van der Waals surface area contributed by atoms with Crippen molar-refractivity contribution in [2.45, 2.75) is 90.3 Å². The Morgan fingerprint density at radius 3 is 1.74 bits per heavy atom. The second kappa shape index (κ2) is 14.5. The third-order valence-corrected chi connectivity index (χ3v) is 3.77. The highest BCUT2D eigenvalue weighted by Crippen LogP contribution is 2.20. The van der Waals surface area contributed by atoms with Gasteiger partial charge in [0.25, 0.3) is 0 Å². The van der Waals surface area contributed by atoms with Gasteiger partial charge in [-0.3, -0.25) is 9.09 Å². The van der Waals surface area contributed by atoms with Crippen molar-refractivity contribution in [1.29, 1.82) is 0 Å². The molecule has 2 N–H and O–H groups in total. The average molecular weight is 294 g/mol. The molecule has 0 aliphatic carbocycles. The summed E-state index contributed by atoms with van der Waals surface area (Å²) < 4.78 is 14.7. The first-order valence-corrected chi connectivity index (χ1v) is 9.00. The van der Waals surface area contributed by atoms with E-state index >= 15 is 0 Å². The van der Waals surface area contributed by atoms with Crippen LogP contribution < -0.4 is 0 Å². The quantitative estimate of drug-likeness (QED) is 0.283. The van der Waals surface area contributed by atoms with Crippen LogP contribution in [0.5, 0.6) is 0 Å². The van der Waals surface area contributed by atoms with E-state index in [0.29, 0.717) is 6.42 Å². The molecule has 5 heteroatoms. The Morgan fingerprint density at radius 1 is 0.895 bits per heavy atom. The summed E-state index contributed by atoms with van der Waals surface area (Å²) >= 11 is 0. The first-order chi connectivity index (χ1) is 9.16. The van der Waals surface area contributed by atoms with E-state index in [1.807, 2.05) is 0 Å². The lowest BCUT2D eigenvalue weighted by Crippen LogP contribution is -2.06. The van der Waals surface area contributed by atoms with Gasteiger partial charge in [0.15, 0.2) is 6.29 Å². The van der Waals surface area contributed by atoms with Crippen LogP contribution in [0, 0.1) is 0 Å². The predicted molar refractivity (Wildman–Crippen MR) is 79.4 cm³/mol. The fourth-order valence-corrected chi connectivity index (χ4v) is 2.51. The molecule has 0 aliphatic rings. The molecule has 0 radical (unpaired) electrons. The molecule has 0 rings (SSSR count). The average Bonchev–Trinajstić information content (AvgIpc) is 2.35. The van der Waals surface area contributed by atoms with E-state index in [0.717, 1.165) is 12.8 Å². The SMILES string of the molecule is CCCCCCCCCCCCCC(O)O[PH](=O)O. The smallest absolute Gasteiger partial charge is 0.318 e. The molecule has 0 aromatic carbocycles. The van der Waals surface area contributed by atoms with Gasteiger partial charge in [-0.1, -0.05) is 71.1 Å². The lowest BCUT2D eigenvalue weighted by molar-refractivity contribution is -0.0257. The Hall–Kier alpha value is 0.110. The number of aliphatic hydroxyl groups excluding tert-OH is 1. The van der Waals surface area contributed by atoms with Crippen LogP contribution in [0.25, 0.3) is 0 Å². The van der Waals surface area contributed by atoms with Gasteiger partial charge in [-0.05, 0) is 12.8 Å². The summed E-state index contributed by atoms with van der Waals surface area (Å²) in [7, 11) is -3.00. The molecule has 0 amide bonds. The maximum atomic E-state index is 10.3. The molecule has 0 fully saturated rings. The van der Waals surface area contributed by atoms with Crippen LogP contribution in [0.4, 0.5) is 0 Å². The molecule has 0 aromatic heterocycles. The van der Waals surface area contributed by atoms with Crippen molar-refractivity contribution in [3.8, 4) is 0 Å². The summed E-state index contributed by atoms with van der Waals surface area (Å²) in [6.07, 6.45) is 13.1. The van der Waals surface area contributed by atoms with E-state index in [4.69, 9.17) is 4.89 Å². The molecule has 2 atom stereocenters.